The third-order valence-electron chi connectivity index (χ3n) is 4.22. The zero-order valence-electron chi connectivity index (χ0n) is 11.2. The number of nitrogens with one attached hydrogen (secondary N) is 1. The normalized spacial score (nSPS) is 28.5. The van der Waals surface area contributed by atoms with E-state index < -0.39 is 0 Å². The van der Waals surface area contributed by atoms with Gasteiger partial charge in [0, 0.05) is 36.7 Å². The summed E-state index contributed by atoms with van der Waals surface area (Å²) in [4.78, 5) is 2.67. The van der Waals surface area contributed by atoms with E-state index >= 15 is 0 Å². The lowest BCUT2D eigenvalue weighted by Crippen LogP contribution is -2.56. The van der Waals surface area contributed by atoms with Crippen molar-refractivity contribution in [1.82, 2.24) is 10.2 Å². The Morgan fingerprint density at radius 2 is 2.26 bits per heavy atom. The van der Waals surface area contributed by atoms with Crippen molar-refractivity contribution in [2.75, 3.05) is 19.6 Å². The standard InChI is InChI=1S/C16H21ClN2/c17-14-4-1-3-13(11-14)7-8-15-5-2-6-16-12-18-9-10-19(15)16/h1,3-4,7-8,11,15-16,18H,2,5-6,9-10,12H2/t15-,16+/m1/s1. The molecule has 2 heterocycles. The largest absolute Gasteiger partial charge is 0.314 e. The topological polar surface area (TPSA) is 15.3 Å². The van der Waals surface area contributed by atoms with Gasteiger partial charge in [0.25, 0.3) is 0 Å². The zero-order chi connectivity index (χ0) is 13.1. The first-order chi connectivity index (χ1) is 9.33. The maximum absolute atomic E-state index is 6.02. The molecule has 0 saturated carbocycles. The van der Waals surface area contributed by atoms with E-state index in [1.54, 1.807) is 0 Å². The van der Waals surface area contributed by atoms with Crippen LogP contribution in [-0.2, 0) is 0 Å². The molecule has 102 valence electrons. The first kappa shape index (κ1) is 13.2. The Kier molecular flexibility index (Phi) is 4.21. The highest BCUT2D eigenvalue weighted by Gasteiger charge is 2.30. The van der Waals surface area contributed by atoms with Crippen LogP contribution in [0.3, 0.4) is 0 Å². The summed E-state index contributed by atoms with van der Waals surface area (Å²) in [6.45, 7) is 3.45. The number of piperidine rings is 1. The second-order valence-electron chi connectivity index (χ2n) is 5.51. The molecule has 2 saturated heterocycles. The van der Waals surface area contributed by atoms with Crippen LogP contribution in [0.5, 0.6) is 0 Å². The highest BCUT2D eigenvalue weighted by molar-refractivity contribution is 6.30. The van der Waals surface area contributed by atoms with Crippen LogP contribution < -0.4 is 5.32 Å². The van der Waals surface area contributed by atoms with E-state index in [0.29, 0.717) is 6.04 Å². The van der Waals surface area contributed by atoms with Crippen molar-refractivity contribution in [3.63, 3.8) is 0 Å². The molecule has 2 fully saturated rings. The Bertz CT molecular complexity index is 456. The fraction of sp³-hybridized carbons (Fsp3) is 0.500. The van der Waals surface area contributed by atoms with Gasteiger partial charge in [0.1, 0.15) is 0 Å². The first-order valence-electron chi connectivity index (χ1n) is 7.23. The van der Waals surface area contributed by atoms with Crippen molar-refractivity contribution in [2.45, 2.75) is 31.3 Å². The van der Waals surface area contributed by atoms with Crippen molar-refractivity contribution >= 4 is 17.7 Å². The predicted octanol–water partition coefficient (Wildman–Crippen LogP) is 3.18. The molecule has 1 aromatic rings. The number of halogens is 1. The summed E-state index contributed by atoms with van der Waals surface area (Å²) < 4.78 is 0. The highest BCUT2D eigenvalue weighted by Crippen LogP contribution is 2.25. The quantitative estimate of drug-likeness (QED) is 0.893. The van der Waals surface area contributed by atoms with Crippen LogP contribution in [0.1, 0.15) is 24.8 Å². The molecule has 0 unspecified atom stereocenters. The van der Waals surface area contributed by atoms with Gasteiger partial charge >= 0.3 is 0 Å². The Morgan fingerprint density at radius 3 is 3.16 bits per heavy atom. The number of piperazine rings is 1. The lowest BCUT2D eigenvalue weighted by molar-refractivity contribution is 0.0856. The maximum atomic E-state index is 6.02. The van der Waals surface area contributed by atoms with E-state index in [9.17, 15) is 0 Å². The summed E-state index contributed by atoms with van der Waals surface area (Å²) in [5.41, 5.74) is 1.20. The molecule has 0 aromatic heterocycles. The fourth-order valence-corrected chi connectivity index (χ4v) is 3.45. The van der Waals surface area contributed by atoms with Gasteiger partial charge in [-0.25, -0.2) is 0 Å². The molecule has 2 aliphatic heterocycles. The number of hydrogen-bond donors (Lipinski definition) is 1. The summed E-state index contributed by atoms with van der Waals surface area (Å²) in [6.07, 6.45) is 8.56. The molecule has 0 amide bonds. The number of nitrogens with zero attached hydrogens (tertiary/aromatic N) is 1. The minimum absolute atomic E-state index is 0.597. The smallest absolute Gasteiger partial charge is 0.0411 e. The third kappa shape index (κ3) is 3.19. The van der Waals surface area contributed by atoms with Gasteiger partial charge in [0.15, 0.2) is 0 Å². The predicted molar refractivity (Wildman–Crippen MR) is 81.5 cm³/mol. The summed E-state index contributed by atoms with van der Waals surface area (Å²) >= 11 is 6.02. The molecule has 1 N–H and O–H groups in total. The summed E-state index contributed by atoms with van der Waals surface area (Å²) in [6, 6.07) is 9.40. The maximum Gasteiger partial charge on any atom is 0.0411 e. The monoisotopic (exact) mass is 276 g/mol. The van der Waals surface area contributed by atoms with Gasteiger partial charge in [-0.05, 0) is 37.0 Å². The van der Waals surface area contributed by atoms with Gasteiger partial charge in [-0.2, -0.15) is 0 Å². The fourth-order valence-electron chi connectivity index (χ4n) is 3.25. The molecule has 3 rings (SSSR count). The van der Waals surface area contributed by atoms with Crippen molar-refractivity contribution in [1.29, 1.82) is 0 Å². The number of hydrogen-bond acceptors (Lipinski definition) is 2. The Labute approximate surface area is 120 Å². The van der Waals surface area contributed by atoms with E-state index in [4.69, 9.17) is 11.6 Å². The molecular formula is C16H21ClN2. The number of fused-ring (bicyclic) bond motifs is 1. The third-order valence-corrected chi connectivity index (χ3v) is 4.45. The van der Waals surface area contributed by atoms with Crippen LogP contribution in [0.2, 0.25) is 5.02 Å². The number of rotatable bonds is 2. The van der Waals surface area contributed by atoms with E-state index in [-0.39, 0.29) is 0 Å². The average Bonchev–Trinajstić information content (AvgIpc) is 2.45. The molecule has 0 spiro atoms. The van der Waals surface area contributed by atoms with Gasteiger partial charge in [-0.15, -0.1) is 0 Å². The van der Waals surface area contributed by atoms with E-state index in [2.05, 4.69) is 28.4 Å². The molecular weight excluding hydrogens is 256 g/mol. The molecule has 19 heavy (non-hydrogen) atoms. The van der Waals surface area contributed by atoms with E-state index in [1.165, 1.54) is 31.4 Å². The van der Waals surface area contributed by atoms with Crippen LogP contribution >= 0.6 is 11.6 Å². The van der Waals surface area contributed by atoms with Crippen molar-refractivity contribution < 1.29 is 0 Å². The Morgan fingerprint density at radius 1 is 1.32 bits per heavy atom. The molecule has 2 nitrogen and oxygen atoms in total. The first-order valence-corrected chi connectivity index (χ1v) is 7.61. The van der Waals surface area contributed by atoms with Crippen molar-refractivity contribution in [3.05, 3.63) is 40.9 Å². The molecule has 1 aromatic carbocycles. The molecule has 0 radical (unpaired) electrons. The molecule has 0 aliphatic carbocycles. The van der Waals surface area contributed by atoms with Gasteiger partial charge in [-0.1, -0.05) is 35.9 Å². The minimum Gasteiger partial charge on any atom is -0.314 e. The van der Waals surface area contributed by atoms with Crippen LogP contribution in [0.4, 0.5) is 0 Å². The van der Waals surface area contributed by atoms with Gasteiger partial charge in [0.2, 0.25) is 0 Å². The Balaban J connectivity index is 1.71. The van der Waals surface area contributed by atoms with Gasteiger partial charge < -0.3 is 5.32 Å². The van der Waals surface area contributed by atoms with Crippen LogP contribution in [-0.4, -0.2) is 36.6 Å². The summed E-state index contributed by atoms with van der Waals surface area (Å²) in [5.74, 6) is 0. The zero-order valence-corrected chi connectivity index (χ0v) is 11.9. The average molecular weight is 277 g/mol. The summed E-state index contributed by atoms with van der Waals surface area (Å²) in [5, 5.41) is 4.31. The van der Waals surface area contributed by atoms with Crippen LogP contribution in [0, 0.1) is 0 Å². The van der Waals surface area contributed by atoms with Gasteiger partial charge in [-0.3, -0.25) is 4.90 Å². The van der Waals surface area contributed by atoms with Crippen molar-refractivity contribution in [2.24, 2.45) is 0 Å². The minimum atomic E-state index is 0.597. The number of benzene rings is 1. The Hall–Kier alpha value is -0.830. The molecule has 0 bridgehead atoms. The summed E-state index contributed by atoms with van der Waals surface area (Å²) in [7, 11) is 0. The van der Waals surface area contributed by atoms with Crippen LogP contribution in [0.25, 0.3) is 6.08 Å². The SMILES string of the molecule is Clc1cccc(C=C[C@H]2CCC[C@H]3CNCCN32)c1. The van der Waals surface area contributed by atoms with E-state index in [1.807, 2.05) is 18.2 Å². The van der Waals surface area contributed by atoms with E-state index in [0.717, 1.165) is 24.2 Å². The van der Waals surface area contributed by atoms with Crippen LogP contribution in [0.15, 0.2) is 30.3 Å². The highest BCUT2D eigenvalue weighted by atomic mass is 35.5. The molecule has 3 heteroatoms. The second kappa shape index (κ2) is 6.08. The van der Waals surface area contributed by atoms with Gasteiger partial charge in [0.05, 0.1) is 0 Å². The van der Waals surface area contributed by atoms with Crippen molar-refractivity contribution in [3.8, 4) is 0 Å². The lowest BCUT2D eigenvalue weighted by Gasteiger charge is -2.44. The lowest BCUT2D eigenvalue weighted by atomic mass is 9.93. The molecule has 2 atom stereocenters. The second-order valence-corrected chi connectivity index (χ2v) is 5.94. The molecule has 2 aliphatic rings.